The molecule has 0 saturated carbocycles. The number of quaternary nitrogens is 1. The van der Waals surface area contributed by atoms with Gasteiger partial charge in [0.05, 0.1) is 0 Å². The van der Waals surface area contributed by atoms with Crippen molar-refractivity contribution in [1.29, 1.82) is 0 Å². The van der Waals surface area contributed by atoms with Crippen LogP contribution >= 0.6 is 0 Å². The van der Waals surface area contributed by atoms with Gasteiger partial charge in [0, 0.05) is 0 Å². The van der Waals surface area contributed by atoms with E-state index in [1.54, 1.807) is 0 Å². The molecule has 0 saturated heterocycles. The third kappa shape index (κ3) is 473. The summed E-state index contributed by atoms with van der Waals surface area (Å²) in [6, 6.07) is 0. The Labute approximate surface area is 35.0 Å². The third-order valence-electron chi connectivity index (χ3n) is 0. The first-order valence-electron chi connectivity index (χ1n) is 0.500. The van der Waals surface area contributed by atoms with Crippen LogP contribution in [-0.4, -0.2) is 0 Å². The molecule has 0 aromatic heterocycles. The molecular weight excluding hydrogens is 158 g/mol. The van der Waals surface area contributed by atoms with Crippen LogP contribution in [0.15, 0.2) is 0 Å². The summed E-state index contributed by atoms with van der Waals surface area (Å²) >= 11 is -4.11. The fourth-order valence-electron chi connectivity index (χ4n) is 0. The fraction of sp³-hybridized carbons (Fsp3) is 0. The van der Waals surface area contributed by atoms with Crippen LogP contribution in [0, 0.1) is 0 Å². The van der Waals surface area contributed by atoms with Gasteiger partial charge < -0.3 is 6.15 Å². The van der Waals surface area contributed by atoms with Gasteiger partial charge in [0.2, 0.25) is 0 Å². The molecule has 0 aromatic rings. The second-order valence-corrected chi connectivity index (χ2v) is 1.21. The normalized spacial score (nSPS) is 5.00. The van der Waals surface area contributed by atoms with Crippen molar-refractivity contribution in [3.05, 3.63) is 0 Å². The molecule has 0 spiro atoms. The minimum absolute atomic E-state index is 0. The van der Waals surface area contributed by atoms with Crippen molar-refractivity contribution in [3.63, 3.8) is 0 Å². The Morgan fingerprint density at radius 2 is 1.40 bits per heavy atom. The molecule has 0 aliphatic rings. The summed E-state index contributed by atoms with van der Waals surface area (Å²) in [4.78, 5) is 0. The maximum absolute atomic E-state index is 8.59. The molecule has 0 amide bonds. The van der Waals surface area contributed by atoms with Crippen LogP contribution in [0.3, 0.4) is 0 Å². The molecule has 0 unspecified atom stereocenters. The quantitative estimate of drug-likeness (QED) is 0.460. The Hall–Kier alpha value is 0.208. The van der Waals surface area contributed by atoms with Gasteiger partial charge in [0.15, 0.2) is 0 Å². The van der Waals surface area contributed by atoms with E-state index in [9.17, 15) is 0 Å². The molecular formula is H4MoNO3. The molecule has 33 valence electrons. The Kier molecular flexibility index (Phi) is 7.54. The van der Waals surface area contributed by atoms with E-state index in [0.717, 1.165) is 0 Å². The monoisotopic (exact) mass is 164 g/mol. The molecule has 0 fully saturated rings. The van der Waals surface area contributed by atoms with Gasteiger partial charge in [0.25, 0.3) is 0 Å². The van der Waals surface area contributed by atoms with Crippen LogP contribution in [-0.2, 0) is 24.4 Å². The first kappa shape index (κ1) is 8.96. The summed E-state index contributed by atoms with van der Waals surface area (Å²) in [5.74, 6) is 0. The minimum atomic E-state index is -4.11. The van der Waals surface area contributed by atoms with Crippen LogP contribution in [0.4, 0.5) is 0 Å². The Morgan fingerprint density at radius 1 is 1.40 bits per heavy atom. The van der Waals surface area contributed by atoms with Gasteiger partial charge in [0.1, 0.15) is 0 Å². The molecule has 4 nitrogen and oxygen atoms in total. The second kappa shape index (κ2) is 4.21. The van der Waals surface area contributed by atoms with Gasteiger partial charge >= 0.3 is 28.2 Å². The maximum atomic E-state index is 8.59. The molecule has 4 N–H and O–H groups in total. The standard InChI is InChI=1S/Mo.H3N.3O/h;1H3;;;/q;;;;-1/p+1. The van der Waals surface area contributed by atoms with Gasteiger partial charge in [-0.3, -0.25) is 0 Å². The summed E-state index contributed by atoms with van der Waals surface area (Å²) in [5, 5.41) is 0. The van der Waals surface area contributed by atoms with Crippen molar-refractivity contribution < 1.29 is 28.2 Å². The average molecular weight is 162 g/mol. The summed E-state index contributed by atoms with van der Waals surface area (Å²) in [5.41, 5.74) is 0. The van der Waals surface area contributed by atoms with E-state index in [2.05, 4.69) is 0 Å². The van der Waals surface area contributed by atoms with Crippen LogP contribution in [0.25, 0.3) is 0 Å². The van der Waals surface area contributed by atoms with E-state index in [1.165, 1.54) is 0 Å². The molecule has 0 rings (SSSR count). The van der Waals surface area contributed by atoms with Gasteiger partial charge in [-0.25, -0.2) is 0 Å². The molecule has 5 heteroatoms. The second-order valence-electron chi connectivity index (χ2n) is 0.204. The van der Waals surface area contributed by atoms with Crippen LogP contribution in [0.2, 0.25) is 0 Å². The van der Waals surface area contributed by atoms with Crippen molar-refractivity contribution in [2.75, 3.05) is 0 Å². The first-order valence-corrected chi connectivity index (χ1v) is 2.96. The van der Waals surface area contributed by atoms with E-state index < -0.39 is 17.6 Å². The van der Waals surface area contributed by atoms with Crippen molar-refractivity contribution >= 4 is 0 Å². The molecule has 0 aromatic carbocycles. The molecule has 0 atom stereocenters. The summed E-state index contributed by atoms with van der Waals surface area (Å²) < 4.78 is 25.8. The summed E-state index contributed by atoms with van der Waals surface area (Å²) in [6.45, 7) is 0. The zero-order valence-electron chi connectivity index (χ0n) is 2.63. The van der Waals surface area contributed by atoms with Crippen LogP contribution in [0.5, 0.6) is 0 Å². The number of hydrogen-bond acceptors (Lipinski definition) is 3. The van der Waals surface area contributed by atoms with Crippen molar-refractivity contribution in [3.8, 4) is 0 Å². The van der Waals surface area contributed by atoms with Crippen molar-refractivity contribution in [2.24, 2.45) is 0 Å². The Balaban J connectivity index is 0. The molecule has 0 aliphatic carbocycles. The topological polar surface area (TPSA) is 93.7 Å². The summed E-state index contributed by atoms with van der Waals surface area (Å²) in [6.07, 6.45) is 0. The predicted octanol–water partition coefficient (Wildman–Crippen LogP) is -1.05. The Bertz CT molecular complexity index is 55.3. The SMILES string of the molecule is [NH4+].[O]=[Mo](=[O])[O-]. The predicted molar refractivity (Wildman–Crippen MR) is 7.36 cm³/mol. The van der Waals surface area contributed by atoms with Crippen molar-refractivity contribution in [1.82, 2.24) is 6.15 Å². The van der Waals surface area contributed by atoms with E-state index >= 15 is 0 Å². The zero-order chi connectivity index (χ0) is 3.58. The number of rotatable bonds is 0. The molecule has 0 heterocycles. The average Bonchev–Trinajstić information content (AvgIpc) is 0.811. The zero-order valence-corrected chi connectivity index (χ0v) is 4.64. The van der Waals surface area contributed by atoms with Crippen LogP contribution < -0.4 is 9.91 Å². The van der Waals surface area contributed by atoms with E-state index in [-0.39, 0.29) is 6.15 Å². The molecule has 0 aliphatic heterocycles. The van der Waals surface area contributed by atoms with Gasteiger partial charge in [-0.15, -0.1) is 0 Å². The van der Waals surface area contributed by atoms with Crippen molar-refractivity contribution in [2.45, 2.75) is 0 Å². The molecule has 0 bridgehead atoms. The van der Waals surface area contributed by atoms with E-state index in [0.29, 0.717) is 0 Å². The summed E-state index contributed by atoms with van der Waals surface area (Å²) in [7, 11) is 0. The van der Waals surface area contributed by atoms with E-state index in [4.69, 9.17) is 10.6 Å². The fourth-order valence-corrected chi connectivity index (χ4v) is 0. The number of hydrogen-bond donors (Lipinski definition) is 1. The van der Waals surface area contributed by atoms with Crippen LogP contribution in [0.1, 0.15) is 0 Å². The first-order chi connectivity index (χ1) is 1.73. The van der Waals surface area contributed by atoms with Gasteiger partial charge in [-0.1, -0.05) is 0 Å². The van der Waals surface area contributed by atoms with Gasteiger partial charge in [-0.05, 0) is 0 Å². The molecule has 0 radical (unpaired) electrons. The van der Waals surface area contributed by atoms with Gasteiger partial charge in [-0.2, -0.15) is 0 Å². The molecule has 5 heavy (non-hydrogen) atoms. The van der Waals surface area contributed by atoms with E-state index in [1.807, 2.05) is 0 Å². The Morgan fingerprint density at radius 3 is 1.40 bits per heavy atom. The third-order valence-corrected chi connectivity index (χ3v) is 0.